The summed E-state index contributed by atoms with van der Waals surface area (Å²) < 4.78 is 0. The van der Waals surface area contributed by atoms with Crippen LogP contribution in [0.15, 0.2) is 18.5 Å². The molecule has 0 aromatic carbocycles. The van der Waals surface area contributed by atoms with E-state index in [0.29, 0.717) is 0 Å². The topological polar surface area (TPSA) is 43.8 Å². The Balaban J connectivity index is 0.000000222. The van der Waals surface area contributed by atoms with E-state index < -0.39 is 0 Å². The zero-order valence-corrected chi connectivity index (χ0v) is 5.20. The predicted octanol–water partition coefficient (Wildman–Crippen LogP) is 0.623. The van der Waals surface area contributed by atoms with Crippen molar-refractivity contribution in [2.24, 2.45) is 0 Å². The highest BCUT2D eigenvalue weighted by Crippen LogP contribution is 1.70. The van der Waals surface area contributed by atoms with E-state index in [0.717, 1.165) is 0 Å². The van der Waals surface area contributed by atoms with E-state index >= 15 is 0 Å². The molecule has 0 amide bonds. The molecule has 46 valence electrons. The molecule has 3 heteroatoms. The second-order valence-electron chi connectivity index (χ2n) is 0.986. The van der Waals surface area contributed by atoms with Crippen LogP contribution in [0, 0.1) is 0 Å². The first-order valence-corrected chi connectivity index (χ1v) is 2.64. The van der Waals surface area contributed by atoms with E-state index in [-0.39, 0.29) is 0 Å². The number of hydrogen-bond donors (Lipinski definition) is 1. The molecule has 0 bridgehead atoms. The summed E-state index contributed by atoms with van der Waals surface area (Å²) in [5.41, 5.74) is 0. The van der Waals surface area contributed by atoms with Gasteiger partial charge in [-0.05, 0) is 6.07 Å². The van der Waals surface area contributed by atoms with Crippen molar-refractivity contribution in [2.45, 2.75) is 13.8 Å². The van der Waals surface area contributed by atoms with Crippen molar-refractivity contribution in [2.75, 3.05) is 5.84 Å². The molecule has 0 saturated carbocycles. The predicted molar refractivity (Wildman–Crippen MR) is 33.7 cm³/mol. The lowest BCUT2D eigenvalue weighted by Crippen LogP contribution is -2.06. The second kappa shape index (κ2) is 4.18. The van der Waals surface area contributed by atoms with Crippen LogP contribution in [0.3, 0.4) is 0 Å². The third-order valence-electron chi connectivity index (χ3n) is 0.525. The molecule has 1 heterocycles. The van der Waals surface area contributed by atoms with Gasteiger partial charge in [-0.2, -0.15) is 9.89 Å². The van der Waals surface area contributed by atoms with Crippen LogP contribution in [-0.2, 0) is 0 Å². The number of hydrogen-bond acceptors (Lipinski definition) is 2. The van der Waals surface area contributed by atoms with Gasteiger partial charge in [-0.15, -0.1) is 0 Å². The summed E-state index contributed by atoms with van der Waals surface area (Å²) in [6, 6.07) is 1.76. The summed E-state index contributed by atoms with van der Waals surface area (Å²) in [7, 11) is 0. The van der Waals surface area contributed by atoms with Crippen molar-refractivity contribution in [3.63, 3.8) is 0 Å². The van der Waals surface area contributed by atoms with Crippen molar-refractivity contribution in [1.29, 1.82) is 0 Å². The minimum Gasteiger partial charge on any atom is -0.323 e. The molecule has 1 aromatic rings. The van der Waals surface area contributed by atoms with E-state index in [1.165, 1.54) is 4.79 Å². The van der Waals surface area contributed by atoms with Gasteiger partial charge >= 0.3 is 0 Å². The van der Waals surface area contributed by atoms with Crippen LogP contribution in [0.5, 0.6) is 0 Å². The molecule has 0 fully saturated rings. The van der Waals surface area contributed by atoms with Crippen LogP contribution < -0.4 is 5.84 Å². The first-order chi connectivity index (χ1) is 3.89. The average Bonchev–Trinajstić information content (AvgIpc) is 2.24. The van der Waals surface area contributed by atoms with Gasteiger partial charge in [0.25, 0.3) is 0 Å². The lowest BCUT2D eigenvalue weighted by molar-refractivity contribution is 0.832. The number of aromatic nitrogens is 2. The van der Waals surface area contributed by atoms with Crippen LogP contribution in [0.4, 0.5) is 0 Å². The quantitative estimate of drug-likeness (QED) is 0.501. The van der Waals surface area contributed by atoms with Gasteiger partial charge in [-0.25, -0.2) is 0 Å². The molecule has 8 heavy (non-hydrogen) atoms. The second-order valence-corrected chi connectivity index (χ2v) is 0.986. The van der Waals surface area contributed by atoms with Gasteiger partial charge in [0.15, 0.2) is 0 Å². The van der Waals surface area contributed by atoms with Crippen molar-refractivity contribution < 1.29 is 0 Å². The minimum atomic E-state index is 1.25. The van der Waals surface area contributed by atoms with E-state index in [1.54, 1.807) is 18.5 Å². The van der Waals surface area contributed by atoms with Crippen LogP contribution in [0.25, 0.3) is 0 Å². The fraction of sp³-hybridized carbons (Fsp3) is 0.400. The summed E-state index contributed by atoms with van der Waals surface area (Å²) in [6.45, 7) is 4.00. The zero-order valence-electron chi connectivity index (χ0n) is 5.20. The van der Waals surface area contributed by atoms with Gasteiger partial charge in [0.1, 0.15) is 0 Å². The molecule has 3 nitrogen and oxygen atoms in total. The Morgan fingerprint density at radius 3 is 2.25 bits per heavy atom. The van der Waals surface area contributed by atoms with Crippen molar-refractivity contribution >= 4 is 0 Å². The molecule has 0 spiro atoms. The lowest BCUT2D eigenvalue weighted by Gasteiger charge is -1.78. The molecule has 2 N–H and O–H groups in total. The Labute approximate surface area is 49.1 Å². The van der Waals surface area contributed by atoms with E-state index in [2.05, 4.69) is 5.10 Å². The Kier molecular flexibility index (Phi) is 3.66. The summed E-state index contributed by atoms with van der Waals surface area (Å²) in [5, 5.41) is 3.61. The molecule has 0 radical (unpaired) electrons. The van der Waals surface area contributed by atoms with Gasteiger partial charge in [0.2, 0.25) is 0 Å². The van der Waals surface area contributed by atoms with Crippen LogP contribution in [-0.4, -0.2) is 9.89 Å². The summed E-state index contributed by atoms with van der Waals surface area (Å²) in [6.07, 6.45) is 3.29. The normalized spacial score (nSPS) is 7.25. The number of rotatable bonds is 0. The van der Waals surface area contributed by atoms with Crippen molar-refractivity contribution in [1.82, 2.24) is 9.89 Å². The van der Waals surface area contributed by atoms with E-state index in [4.69, 9.17) is 5.84 Å². The summed E-state index contributed by atoms with van der Waals surface area (Å²) in [5.74, 6) is 5.08. The summed E-state index contributed by atoms with van der Waals surface area (Å²) >= 11 is 0. The highest BCUT2D eigenvalue weighted by Gasteiger charge is 1.69. The third kappa shape index (κ3) is 2.23. The molecule has 0 aliphatic rings. The van der Waals surface area contributed by atoms with Gasteiger partial charge in [0.05, 0.1) is 6.20 Å². The highest BCUT2D eigenvalue weighted by molar-refractivity contribution is 4.76. The van der Waals surface area contributed by atoms with Crippen molar-refractivity contribution in [3.05, 3.63) is 18.5 Å². The van der Waals surface area contributed by atoms with Crippen LogP contribution >= 0.6 is 0 Å². The van der Waals surface area contributed by atoms with E-state index in [1.807, 2.05) is 13.8 Å². The number of nitrogens with two attached hydrogens (primary N) is 1. The molecule has 0 aliphatic carbocycles. The molecule has 1 aromatic heterocycles. The van der Waals surface area contributed by atoms with Gasteiger partial charge in [-0.3, -0.25) is 0 Å². The maximum Gasteiger partial charge on any atom is 0.0510 e. The first kappa shape index (κ1) is 7.01. The standard InChI is InChI=1S/C3H5N3.C2H6/c4-6-3-1-2-5-6;1-2/h1-3H,4H2;1-2H3. The number of nitrogen functional groups attached to an aromatic ring is 1. The maximum atomic E-state index is 5.08. The fourth-order valence-electron chi connectivity index (χ4n) is 0.281. The minimum absolute atomic E-state index is 1.25. The lowest BCUT2D eigenvalue weighted by atomic mass is 10.8. The molecule has 0 saturated heterocycles. The van der Waals surface area contributed by atoms with Crippen LogP contribution in [0.2, 0.25) is 0 Å². The maximum absolute atomic E-state index is 5.08. The van der Waals surface area contributed by atoms with Gasteiger partial charge in [-0.1, -0.05) is 13.8 Å². The molecule has 1 rings (SSSR count). The molecular formula is C5H11N3. The average molecular weight is 113 g/mol. The summed E-state index contributed by atoms with van der Waals surface area (Å²) in [4.78, 5) is 1.25. The number of nitrogens with zero attached hydrogens (tertiary/aromatic N) is 2. The Morgan fingerprint density at radius 1 is 1.50 bits per heavy atom. The Bertz CT molecular complexity index is 111. The van der Waals surface area contributed by atoms with Crippen LogP contribution in [0.1, 0.15) is 13.8 Å². The third-order valence-corrected chi connectivity index (χ3v) is 0.525. The smallest absolute Gasteiger partial charge is 0.0510 e. The van der Waals surface area contributed by atoms with Crippen molar-refractivity contribution in [3.8, 4) is 0 Å². The fourth-order valence-corrected chi connectivity index (χ4v) is 0.281. The highest BCUT2D eigenvalue weighted by atomic mass is 15.5. The first-order valence-electron chi connectivity index (χ1n) is 2.64. The SMILES string of the molecule is CC.Nn1cccn1. The van der Waals surface area contributed by atoms with E-state index in [9.17, 15) is 0 Å². The molecule has 0 unspecified atom stereocenters. The molecular weight excluding hydrogens is 102 g/mol. The largest absolute Gasteiger partial charge is 0.323 e. The Morgan fingerprint density at radius 2 is 2.12 bits per heavy atom. The molecule has 0 aliphatic heterocycles. The Hall–Kier alpha value is -0.990. The molecule has 0 atom stereocenters. The van der Waals surface area contributed by atoms with Gasteiger partial charge in [0, 0.05) is 6.20 Å². The van der Waals surface area contributed by atoms with Gasteiger partial charge < -0.3 is 5.84 Å². The monoisotopic (exact) mass is 113 g/mol. The zero-order chi connectivity index (χ0) is 6.41.